The molecule has 1 aliphatic rings. The molecule has 11 nitrogen and oxygen atoms in total. The smallest absolute Gasteiger partial charge is 0.306 e. The fourth-order valence-electron chi connectivity index (χ4n) is 10.6. The molecule has 8 unspecified atom stereocenters. The summed E-state index contributed by atoms with van der Waals surface area (Å²) in [6, 6.07) is -1.04. The van der Waals surface area contributed by atoms with Gasteiger partial charge in [-0.05, 0) is 109 Å². The number of allylic oxidation sites excluding steroid dienone is 15. The summed E-state index contributed by atoms with van der Waals surface area (Å²) in [5.41, 5.74) is 0. The van der Waals surface area contributed by atoms with Crippen molar-refractivity contribution in [2.24, 2.45) is 0 Å². The van der Waals surface area contributed by atoms with Crippen LogP contribution in [0.15, 0.2) is 97.2 Å². The van der Waals surface area contributed by atoms with E-state index in [0.29, 0.717) is 12.8 Å². The lowest BCUT2D eigenvalue weighted by molar-refractivity contribution is -0.305. The highest BCUT2D eigenvalue weighted by atomic mass is 16.7. The number of nitrogens with one attached hydrogen (secondary N) is 1. The first-order valence-corrected chi connectivity index (χ1v) is 35.5. The van der Waals surface area contributed by atoms with Crippen LogP contribution >= 0.6 is 0 Å². The molecule has 0 aliphatic carbocycles. The zero-order valence-electron chi connectivity index (χ0n) is 55.2. The average Bonchev–Trinajstić information content (AvgIpc) is 3.68. The number of esters is 1. The fraction of sp³-hybridized carbons (Fsp3) is 0.760. The van der Waals surface area contributed by atoms with Gasteiger partial charge in [-0.3, -0.25) is 9.59 Å². The second-order valence-corrected chi connectivity index (χ2v) is 24.3. The van der Waals surface area contributed by atoms with Crippen molar-refractivity contribution in [1.82, 2.24) is 5.32 Å². The van der Waals surface area contributed by atoms with Crippen LogP contribution in [-0.2, 0) is 23.8 Å². The topological polar surface area (TPSA) is 175 Å². The summed E-state index contributed by atoms with van der Waals surface area (Å²) in [6.07, 6.45) is 72.9. The Morgan fingerprint density at radius 2 is 0.802 bits per heavy atom. The summed E-state index contributed by atoms with van der Waals surface area (Å²) < 4.78 is 17.7. The third kappa shape index (κ3) is 48.5. The van der Waals surface area contributed by atoms with Gasteiger partial charge in [0.05, 0.1) is 25.4 Å². The van der Waals surface area contributed by atoms with Gasteiger partial charge in [0.1, 0.15) is 24.4 Å². The maximum atomic E-state index is 13.5. The number of carbonyl (C=O) groups is 2. The van der Waals surface area contributed by atoms with Crippen LogP contribution in [0, 0.1) is 0 Å². The third-order valence-corrected chi connectivity index (χ3v) is 16.2. The Morgan fingerprint density at radius 1 is 0.453 bits per heavy atom. The Labute approximate surface area is 526 Å². The van der Waals surface area contributed by atoms with Crippen molar-refractivity contribution in [3.63, 3.8) is 0 Å². The largest absolute Gasteiger partial charge is 0.454 e. The molecule has 8 atom stereocenters. The Hall–Kier alpha value is -3.42. The van der Waals surface area contributed by atoms with E-state index in [1.807, 2.05) is 6.08 Å². The minimum Gasteiger partial charge on any atom is -0.454 e. The number of aliphatic hydroxyl groups excluding tert-OH is 5. The maximum absolute atomic E-state index is 13.5. The molecule has 1 fully saturated rings. The van der Waals surface area contributed by atoms with E-state index in [1.54, 1.807) is 6.08 Å². The van der Waals surface area contributed by atoms with Crippen LogP contribution in [0.5, 0.6) is 0 Å². The summed E-state index contributed by atoms with van der Waals surface area (Å²) in [6.45, 7) is 5.75. The second kappa shape index (κ2) is 61.8. The molecule has 1 heterocycles. The standard InChI is InChI=1S/C75H131NO10/c1-4-7-10-13-16-19-22-25-27-29-31-33-34-35-37-38-40-42-44-47-50-53-56-59-62-68(79)74(83)76-66(67(78)61-58-55-52-49-46-24-21-18-15-12-9-6-3)65-84-75-73(72(82)71(81)69(64-77)85-75)86-70(80)63-60-57-54-51-48-45-43-41-39-36-32-30-28-26-23-20-17-14-11-8-5-2/h16-17,19-20,25-28,31-33,35-37,58,61,66-69,71-73,75,77-79,81-82H,4-15,18,21-24,29-30,34,38-57,59-60,62-65H2,1-3H3,(H,76,83)/b19-16-,20-17-,27-25-,28-26-,33-31-,36-32-,37-35-,61-58+. The number of hydrogen-bond acceptors (Lipinski definition) is 10. The van der Waals surface area contributed by atoms with Gasteiger partial charge in [-0.25, -0.2) is 0 Å². The van der Waals surface area contributed by atoms with Gasteiger partial charge in [-0.1, -0.05) is 285 Å². The zero-order chi connectivity index (χ0) is 62.4. The molecule has 1 amide bonds. The monoisotopic (exact) mass is 1210 g/mol. The van der Waals surface area contributed by atoms with E-state index in [1.165, 1.54) is 148 Å². The summed E-state index contributed by atoms with van der Waals surface area (Å²) in [5, 5.41) is 57.2. The highest BCUT2D eigenvalue weighted by Gasteiger charge is 2.47. The van der Waals surface area contributed by atoms with E-state index in [9.17, 15) is 35.1 Å². The molecule has 0 radical (unpaired) electrons. The van der Waals surface area contributed by atoms with Crippen LogP contribution < -0.4 is 5.32 Å². The highest BCUT2D eigenvalue weighted by molar-refractivity contribution is 5.80. The average molecular weight is 1210 g/mol. The Bertz CT molecular complexity index is 1770. The molecule has 0 aromatic heterocycles. The van der Waals surface area contributed by atoms with Gasteiger partial charge in [-0.2, -0.15) is 0 Å². The van der Waals surface area contributed by atoms with Crippen molar-refractivity contribution < 1.29 is 49.3 Å². The Morgan fingerprint density at radius 3 is 1.22 bits per heavy atom. The number of hydrogen-bond donors (Lipinski definition) is 6. The van der Waals surface area contributed by atoms with Gasteiger partial charge in [0, 0.05) is 6.42 Å². The van der Waals surface area contributed by atoms with Crippen molar-refractivity contribution in [2.45, 2.75) is 352 Å². The lowest BCUT2D eigenvalue weighted by atomic mass is 9.99. The van der Waals surface area contributed by atoms with Crippen molar-refractivity contribution in [3.05, 3.63) is 97.2 Å². The normalized spacial score (nSPS) is 18.9. The van der Waals surface area contributed by atoms with E-state index in [-0.39, 0.29) is 19.4 Å². The molecule has 86 heavy (non-hydrogen) atoms. The Kier molecular flexibility index (Phi) is 57.9. The van der Waals surface area contributed by atoms with Crippen LogP contribution in [0.4, 0.5) is 0 Å². The van der Waals surface area contributed by atoms with Crippen molar-refractivity contribution in [1.29, 1.82) is 0 Å². The molecule has 6 N–H and O–H groups in total. The van der Waals surface area contributed by atoms with Crippen LogP contribution in [0.1, 0.15) is 303 Å². The number of ether oxygens (including phenoxy) is 3. The number of carbonyl (C=O) groups excluding carboxylic acids is 2. The van der Waals surface area contributed by atoms with Gasteiger partial charge in [0.15, 0.2) is 12.4 Å². The molecule has 496 valence electrons. The second-order valence-electron chi connectivity index (χ2n) is 24.3. The van der Waals surface area contributed by atoms with E-state index >= 15 is 0 Å². The number of aliphatic hydroxyl groups is 5. The zero-order valence-corrected chi connectivity index (χ0v) is 55.2. The fourth-order valence-corrected chi connectivity index (χ4v) is 10.6. The van der Waals surface area contributed by atoms with Crippen LogP contribution in [0.3, 0.4) is 0 Å². The van der Waals surface area contributed by atoms with Gasteiger partial charge < -0.3 is 45.1 Å². The van der Waals surface area contributed by atoms with E-state index < -0.39 is 67.4 Å². The molecule has 0 spiro atoms. The van der Waals surface area contributed by atoms with E-state index in [2.05, 4.69) is 111 Å². The predicted octanol–water partition coefficient (Wildman–Crippen LogP) is 18.2. The first kappa shape index (κ1) is 80.6. The predicted molar refractivity (Wildman–Crippen MR) is 361 cm³/mol. The summed E-state index contributed by atoms with van der Waals surface area (Å²) in [7, 11) is 0. The number of unbranched alkanes of at least 4 members (excludes halogenated alkanes) is 32. The molecule has 1 rings (SSSR count). The summed E-state index contributed by atoms with van der Waals surface area (Å²) >= 11 is 0. The van der Waals surface area contributed by atoms with E-state index in [4.69, 9.17) is 14.2 Å². The molecule has 0 aromatic carbocycles. The van der Waals surface area contributed by atoms with Crippen LogP contribution in [0.2, 0.25) is 0 Å². The molecule has 1 aliphatic heterocycles. The lowest BCUT2D eigenvalue weighted by Crippen LogP contribution is -2.61. The van der Waals surface area contributed by atoms with Gasteiger partial charge >= 0.3 is 5.97 Å². The van der Waals surface area contributed by atoms with Crippen LogP contribution in [0.25, 0.3) is 0 Å². The molecule has 0 bridgehead atoms. The molecular formula is C75H131NO10. The third-order valence-electron chi connectivity index (χ3n) is 16.2. The molecule has 0 saturated carbocycles. The summed E-state index contributed by atoms with van der Waals surface area (Å²) in [4.78, 5) is 26.7. The van der Waals surface area contributed by atoms with Crippen molar-refractivity contribution in [3.8, 4) is 0 Å². The first-order valence-electron chi connectivity index (χ1n) is 35.5. The quantitative estimate of drug-likeness (QED) is 0.0195. The molecule has 0 aromatic rings. The minimum atomic E-state index is -1.62. The number of amides is 1. The van der Waals surface area contributed by atoms with Crippen LogP contribution in [-0.4, -0.2) is 99.6 Å². The lowest BCUT2D eigenvalue weighted by Gasteiger charge is -2.41. The van der Waals surface area contributed by atoms with Gasteiger partial charge in [0.2, 0.25) is 5.91 Å². The molecular weight excluding hydrogens is 1070 g/mol. The highest BCUT2D eigenvalue weighted by Crippen LogP contribution is 2.26. The van der Waals surface area contributed by atoms with Gasteiger partial charge in [0.25, 0.3) is 0 Å². The number of rotatable bonds is 60. The maximum Gasteiger partial charge on any atom is 0.306 e. The van der Waals surface area contributed by atoms with Crippen molar-refractivity contribution in [2.75, 3.05) is 13.2 Å². The van der Waals surface area contributed by atoms with E-state index in [0.717, 1.165) is 109 Å². The summed E-state index contributed by atoms with van der Waals surface area (Å²) in [5.74, 6) is -1.21. The Balaban J connectivity index is 2.60. The minimum absolute atomic E-state index is 0.111. The van der Waals surface area contributed by atoms with Gasteiger partial charge in [-0.15, -0.1) is 0 Å². The SMILES string of the molecule is CCCCC/C=C\C/C=C\C/C=C\C/C=C\CCCCCCCCCCC(O)C(=O)NC(COC1OC(CO)C(O)C(O)C1OC(=O)CCCCCCCCCC/C=C\C/C=C\C/C=C\CCCCC)C(O)/C=C/CCCCCCCCCCCC. The van der Waals surface area contributed by atoms with Crippen molar-refractivity contribution >= 4 is 11.9 Å². The molecule has 1 saturated heterocycles. The molecule has 11 heteroatoms. The first-order chi connectivity index (χ1) is 42.2.